The smallest absolute Gasteiger partial charge is 0.256 e. The van der Waals surface area contributed by atoms with E-state index >= 15 is 0 Å². The summed E-state index contributed by atoms with van der Waals surface area (Å²) in [5.74, 6) is 1.76. The Morgan fingerprint density at radius 3 is 2.68 bits per heavy atom. The van der Waals surface area contributed by atoms with Crippen molar-refractivity contribution in [1.82, 2.24) is 24.5 Å². The first kappa shape index (κ1) is 18.4. The number of hydrogen-bond donors (Lipinski definition) is 0. The van der Waals surface area contributed by atoms with E-state index in [2.05, 4.69) is 46.1 Å². The normalized spacial score (nSPS) is 14.6. The lowest BCUT2D eigenvalue weighted by atomic mass is 10.1. The minimum atomic E-state index is 0.196. The molecule has 28 heavy (non-hydrogen) atoms. The number of amides is 1. The molecule has 0 unspecified atom stereocenters. The highest BCUT2D eigenvalue weighted by Crippen LogP contribution is 2.19. The van der Waals surface area contributed by atoms with Gasteiger partial charge in [0.05, 0.1) is 6.42 Å². The van der Waals surface area contributed by atoms with Gasteiger partial charge in [-0.05, 0) is 24.5 Å². The predicted octanol–water partition coefficient (Wildman–Crippen LogP) is 2.28. The van der Waals surface area contributed by atoms with Crippen molar-refractivity contribution in [1.29, 1.82) is 0 Å². The highest BCUT2D eigenvalue weighted by Gasteiger charge is 2.23. The molecule has 1 aliphatic rings. The highest BCUT2D eigenvalue weighted by atomic mass is 16.2. The second kappa shape index (κ2) is 7.96. The van der Waals surface area contributed by atoms with Crippen molar-refractivity contribution in [2.45, 2.75) is 33.1 Å². The molecule has 7 heteroatoms. The number of anilines is 1. The van der Waals surface area contributed by atoms with Crippen LogP contribution in [0.4, 0.5) is 5.82 Å². The summed E-state index contributed by atoms with van der Waals surface area (Å²) in [4.78, 5) is 21.6. The van der Waals surface area contributed by atoms with Gasteiger partial charge in [-0.25, -0.2) is 0 Å². The van der Waals surface area contributed by atoms with Crippen LogP contribution in [0.1, 0.15) is 30.2 Å². The zero-order chi connectivity index (χ0) is 19.5. The van der Waals surface area contributed by atoms with E-state index in [1.165, 1.54) is 11.3 Å². The number of nitrogens with zero attached hydrogens (tertiary/aromatic N) is 6. The van der Waals surface area contributed by atoms with Crippen LogP contribution in [0.5, 0.6) is 0 Å². The van der Waals surface area contributed by atoms with E-state index in [0.29, 0.717) is 25.3 Å². The van der Waals surface area contributed by atoms with Gasteiger partial charge in [0.25, 0.3) is 5.78 Å². The lowest BCUT2D eigenvalue weighted by Gasteiger charge is -2.35. The van der Waals surface area contributed by atoms with Crippen LogP contribution in [0.25, 0.3) is 5.78 Å². The SMILES string of the molecule is CCCc1cc(N2CCN(C(=O)Cc3ccccc3C)CC2)nc2nncn12. The molecule has 1 saturated heterocycles. The lowest BCUT2D eigenvalue weighted by molar-refractivity contribution is -0.130. The van der Waals surface area contributed by atoms with Gasteiger partial charge in [-0.2, -0.15) is 4.98 Å². The number of rotatable bonds is 5. The number of fused-ring (bicyclic) bond motifs is 1. The van der Waals surface area contributed by atoms with Crippen LogP contribution in [0, 0.1) is 6.92 Å². The van der Waals surface area contributed by atoms with E-state index in [-0.39, 0.29) is 5.91 Å². The van der Waals surface area contributed by atoms with Crippen LogP contribution in [0.3, 0.4) is 0 Å². The van der Waals surface area contributed by atoms with E-state index in [1.54, 1.807) is 6.33 Å². The molecule has 0 saturated carbocycles. The Morgan fingerprint density at radius 2 is 1.93 bits per heavy atom. The number of carbonyl (C=O) groups is 1. The second-order valence-corrected chi connectivity index (χ2v) is 7.33. The fraction of sp³-hybridized carbons (Fsp3) is 0.429. The number of benzene rings is 1. The maximum absolute atomic E-state index is 12.7. The molecule has 0 aliphatic carbocycles. The van der Waals surface area contributed by atoms with Crippen LogP contribution in [0.15, 0.2) is 36.7 Å². The van der Waals surface area contributed by atoms with Crippen molar-refractivity contribution >= 4 is 17.5 Å². The van der Waals surface area contributed by atoms with Gasteiger partial charge < -0.3 is 9.80 Å². The molecule has 2 aromatic heterocycles. The quantitative estimate of drug-likeness (QED) is 0.681. The molecule has 0 N–H and O–H groups in total. The van der Waals surface area contributed by atoms with Crippen molar-refractivity contribution in [3.05, 3.63) is 53.5 Å². The molecule has 0 radical (unpaired) electrons. The van der Waals surface area contributed by atoms with Crippen molar-refractivity contribution < 1.29 is 4.79 Å². The molecule has 4 rings (SSSR count). The van der Waals surface area contributed by atoms with Crippen LogP contribution < -0.4 is 4.90 Å². The minimum Gasteiger partial charge on any atom is -0.353 e. The van der Waals surface area contributed by atoms with Gasteiger partial charge in [-0.15, -0.1) is 10.2 Å². The molecule has 0 bridgehead atoms. The summed E-state index contributed by atoms with van der Waals surface area (Å²) in [7, 11) is 0. The number of piperazine rings is 1. The molecule has 3 heterocycles. The zero-order valence-corrected chi connectivity index (χ0v) is 16.5. The molecule has 7 nitrogen and oxygen atoms in total. The maximum Gasteiger partial charge on any atom is 0.256 e. The standard InChI is InChI=1S/C21H26N6O/c1-3-6-18-14-19(23-21-24-22-15-27(18)21)25-9-11-26(12-10-25)20(28)13-17-8-5-4-7-16(17)2/h4-5,7-8,14-15H,3,6,9-13H2,1-2H3. The Balaban J connectivity index is 1.43. The van der Waals surface area contributed by atoms with Crippen LogP contribution in [-0.2, 0) is 17.6 Å². The number of carbonyl (C=O) groups excluding carboxylic acids is 1. The van der Waals surface area contributed by atoms with Gasteiger partial charge in [0.2, 0.25) is 5.91 Å². The fourth-order valence-electron chi connectivity index (χ4n) is 3.74. The van der Waals surface area contributed by atoms with Gasteiger partial charge in [0.1, 0.15) is 12.1 Å². The Bertz CT molecular complexity index is 974. The van der Waals surface area contributed by atoms with E-state index in [1.807, 2.05) is 27.5 Å². The van der Waals surface area contributed by atoms with Crippen molar-refractivity contribution in [2.24, 2.45) is 0 Å². The first-order valence-electron chi connectivity index (χ1n) is 9.92. The molecule has 0 atom stereocenters. The highest BCUT2D eigenvalue weighted by molar-refractivity contribution is 5.79. The first-order valence-corrected chi connectivity index (χ1v) is 9.92. The van der Waals surface area contributed by atoms with E-state index in [9.17, 15) is 4.79 Å². The topological polar surface area (TPSA) is 66.6 Å². The molecular formula is C21H26N6O. The van der Waals surface area contributed by atoms with Gasteiger partial charge >= 0.3 is 0 Å². The third-order valence-corrected chi connectivity index (χ3v) is 5.41. The Hall–Kier alpha value is -2.96. The summed E-state index contributed by atoms with van der Waals surface area (Å²) in [5, 5.41) is 8.12. The average molecular weight is 378 g/mol. The molecule has 1 fully saturated rings. The summed E-state index contributed by atoms with van der Waals surface area (Å²) in [6, 6.07) is 10.2. The predicted molar refractivity (Wildman–Crippen MR) is 108 cm³/mol. The summed E-state index contributed by atoms with van der Waals surface area (Å²) < 4.78 is 1.95. The zero-order valence-electron chi connectivity index (χ0n) is 16.5. The Labute approximate surface area is 165 Å². The van der Waals surface area contributed by atoms with E-state index < -0.39 is 0 Å². The summed E-state index contributed by atoms with van der Waals surface area (Å²) >= 11 is 0. The summed E-state index contributed by atoms with van der Waals surface area (Å²) in [6.07, 6.45) is 4.20. The second-order valence-electron chi connectivity index (χ2n) is 7.33. The van der Waals surface area contributed by atoms with Crippen molar-refractivity contribution in [2.75, 3.05) is 31.1 Å². The minimum absolute atomic E-state index is 0.196. The summed E-state index contributed by atoms with van der Waals surface area (Å²) in [6.45, 7) is 7.21. The molecular weight excluding hydrogens is 352 g/mol. The molecule has 1 amide bonds. The van der Waals surface area contributed by atoms with Crippen LogP contribution in [-0.4, -0.2) is 56.6 Å². The number of aromatic nitrogens is 4. The maximum atomic E-state index is 12.7. The Kier molecular flexibility index (Phi) is 5.23. The van der Waals surface area contributed by atoms with Crippen LogP contribution in [0.2, 0.25) is 0 Å². The first-order chi connectivity index (χ1) is 13.7. The summed E-state index contributed by atoms with van der Waals surface area (Å²) in [5.41, 5.74) is 3.45. The fourth-order valence-corrected chi connectivity index (χ4v) is 3.74. The van der Waals surface area contributed by atoms with Crippen molar-refractivity contribution in [3.63, 3.8) is 0 Å². The van der Waals surface area contributed by atoms with Gasteiger partial charge in [-0.3, -0.25) is 9.20 Å². The molecule has 1 aromatic carbocycles. The number of aryl methyl sites for hydroxylation is 2. The third kappa shape index (κ3) is 3.69. The Morgan fingerprint density at radius 1 is 1.14 bits per heavy atom. The van der Waals surface area contributed by atoms with Gasteiger partial charge in [-0.1, -0.05) is 37.6 Å². The lowest BCUT2D eigenvalue weighted by Crippen LogP contribution is -2.49. The number of hydrogen-bond acceptors (Lipinski definition) is 5. The largest absolute Gasteiger partial charge is 0.353 e. The molecule has 3 aromatic rings. The molecule has 146 valence electrons. The average Bonchev–Trinajstić information content (AvgIpc) is 3.19. The van der Waals surface area contributed by atoms with Gasteiger partial charge in [0.15, 0.2) is 0 Å². The van der Waals surface area contributed by atoms with Crippen LogP contribution >= 0.6 is 0 Å². The molecule has 0 spiro atoms. The van der Waals surface area contributed by atoms with E-state index in [0.717, 1.165) is 37.3 Å². The third-order valence-electron chi connectivity index (χ3n) is 5.41. The molecule has 1 aliphatic heterocycles. The monoisotopic (exact) mass is 378 g/mol. The van der Waals surface area contributed by atoms with Crippen molar-refractivity contribution in [3.8, 4) is 0 Å². The van der Waals surface area contributed by atoms with Gasteiger partial charge in [0, 0.05) is 37.9 Å². The van der Waals surface area contributed by atoms with E-state index in [4.69, 9.17) is 0 Å².